The standard InChI is InChI=1S/C16H15ClFNO/c17-15-8-13(5-4-12(15)10-20)19-7-6-11-2-1-3-16(18)14(11)9-19/h1-5,8,20H,6-7,9-10H2. The molecule has 104 valence electrons. The highest BCUT2D eigenvalue weighted by Crippen LogP contribution is 2.29. The summed E-state index contributed by atoms with van der Waals surface area (Å²) >= 11 is 6.12. The number of hydrogen-bond donors (Lipinski definition) is 1. The lowest BCUT2D eigenvalue weighted by Crippen LogP contribution is -2.31. The van der Waals surface area contributed by atoms with Crippen molar-refractivity contribution in [3.05, 3.63) is 63.9 Å². The van der Waals surface area contributed by atoms with Crippen LogP contribution >= 0.6 is 11.6 Å². The number of benzene rings is 2. The summed E-state index contributed by atoms with van der Waals surface area (Å²) in [6.45, 7) is 1.32. The van der Waals surface area contributed by atoms with E-state index in [1.54, 1.807) is 6.07 Å². The maximum Gasteiger partial charge on any atom is 0.128 e. The molecule has 0 amide bonds. The first-order chi connectivity index (χ1) is 9.69. The zero-order valence-electron chi connectivity index (χ0n) is 10.9. The normalized spacial score (nSPS) is 14.2. The summed E-state index contributed by atoms with van der Waals surface area (Å²) in [5.41, 5.74) is 3.51. The first-order valence-corrected chi connectivity index (χ1v) is 6.97. The molecule has 0 atom stereocenters. The van der Waals surface area contributed by atoms with E-state index < -0.39 is 0 Å². The van der Waals surface area contributed by atoms with E-state index in [0.29, 0.717) is 17.1 Å². The highest BCUT2D eigenvalue weighted by molar-refractivity contribution is 6.31. The quantitative estimate of drug-likeness (QED) is 0.915. The summed E-state index contributed by atoms with van der Waals surface area (Å²) in [4.78, 5) is 2.11. The summed E-state index contributed by atoms with van der Waals surface area (Å²) < 4.78 is 13.9. The van der Waals surface area contributed by atoms with Crippen LogP contribution in [-0.4, -0.2) is 11.7 Å². The lowest BCUT2D eigenvalue weighted by molar-refractivity contribution is 0.282. The zero-order chi connectivity index (χ0) is 14.1. The number of aliphatic hydroxyl groups excluding tert-OH is 1. The predicted molar refractivity (Wildman–Crippen MR) is 78.5 cm³/mol. The van der Waals surface area contributed by atoms with Gasteiger partial charge in [-0.2, -0.15) is 0 Å². The van der Waals surface area contributed by atoms with E-state index in [1.165, 1.54) is 6.07 Å². The second kappa shape index (κ2) is 5.43. The van der Waals surface area contributed by atoms with Gasteiger partial charge in [0.25, 0.3) is 0 Å². The summed E-state index contributed by atoms with van der Waals surface area (Å²) in [5, 5.41) is 9.68. The van der Waals surface area contributed by atoms with Crippen LogP contribution in [0.4, 0.5) is 10.1 Å². The Morgan fingerprint density at radius 2 is 2.10 bits per heavy atom. The van der Waals surface area contributed by atoms with E-state index in [-0.39, 0.29) is 12.4 Å². The van der Waals surface area contributed by atoms with Crippen LogP contribution in [0.2, 0.25) is 5.02 Å². The van der Waals surface area contributed by atoms with Crippen molar-refractivity contribution in [3.8, 4) is 0 Å². The smallest absolute Gasteiger partial charge is 0.128 e. The Balaban J connectivity index is 1.90. The third-order valence-corrected chi connectivity index (χ3v) is 4.14. The van der Waals surface area contributed by atoms with Crippen molar-refractivity contribution in [1.29, 1.82) is 0 Å². The number of hydrogen-bond acceptors (Lipinski definition) is 2. The number of fused-ring (bicyclic) bond motifs is 1. The number of aliphatic hydroxyl groups is 1. The molecule has 0 aromatic heterocycles. The van der Waals surface area contributed by atoms with Gasteiger partial charge < -0.3 is 10.0 Å². The topological polar surface area (TPSA) is 23.5 Å². The van der Waals surface area contributed by atoms with Crippen molar-refractivity contribution < 1.29 is 9.50 Å². The van der Waals surface area contributed by atoms with Gasteiger partial charge in [0, 0.05) is 29.4 Å². The molecule has 1 aliphatic heterocycles. The van der Waals surface area contributed by atoms with Crippen molar-refractivity contribution in [2.45, 2.75) is 19.6 Å². The van der Waals surface area contributed by atoms with Gasteiger partial charge in [0.15, 0.2) is 0 Å². The molecular weight excluding hydrogens is 277 g/mol. The van der Waals surface area contributed by atoms with Crippen LogP contribution in [-0.2, 0) is 19.6 Å². The largest absolute Gasteiger partial charge is 0.392 e. The fraction of sp³-hybridized carbons (Fsp3) is 0.250. The third kappa shape index (κ3) is 2.39. The number of nitrogens with zero attached hydrogens (tertiary/aromatic N) is 1. The van der Waals surface area contributed by atoms with E-state index in [4.69, 9.17) is 16.7 Å². The van der Waals surface area contributed by atoms with Crippen LogP contribution in [0, 0.1) is 5.82 Å². The van der Waals surface area contributed by atoms with Gasteiger partial charge >= 0.3 is 0 Å². The van der Waals surface area contributed by atoms with Crippen LogP contribution < -0.4 is 4.90 Å². The van der Waals surface area contributed by atoms with Gasteiger partial charge in [-0.05, 0) is 35.7 Å². The Labute approximate surface area is 122 Å². The summed E-state index contributed by atoms with van der Waals surface area (Å²) in [6, 6.07) is 10.8. The summed E-state index contributed by atoms with van der Waals surface area (Å²) in [7, 11) is 0. The molecule has 0 saturated heterocycles. The Bertz CT molecular complexity index is 644. The van der Waals surface area contributed by atoms with Crippen molar-refractivity contribution in [3.63, 3.8) is 0 Å². The molecule has 3 rings (SSSR count). The second-order valence-electron chi connectivity index (χ2n) is 4.98. The molecule has 1 N–H and O–H groups in total. The van der Waals surface area contributed by atoms with Gasteiger partial charge in [0.1, 0.15) is 5.82 Å². The molecule has 2 aromatic rings. The maximum atomic E-state index is 13.9. The molecule has 2 nitrogen and oxygen atoms in total. The number of halogens is 2. The van der Waals surface area contributed by atoms with Gasteiger partial charge in [0.2, 0.25) is 0 Å². The highest BCUT2D eigenvalue weighted by atomic mass is 35.5. The Hall–Kier alpha value is -1.58. The Kier molecular flexibility index (Phi) is 3.64. The molecule has 0 spiro atoms. The molecule has 2 aromatic carbocycles. The molecule has 4 heteroatoms. The molecule has 0 fully saturated rings. The van der Waals surface area contributed by atoms with Gasteiger partial charge in [-0.25, -0.2) is 4.39 Å². The molecule has 0 radical (unpaired) electrons. The predicted octanol–water partition coefficient (Wildman–Crippen LogP) is 3.53. The Morgan fingerprint density at radius 3 is 2.85 bits per heavy atom. The van der Waals surface area contributed by atoms with Gasteiger partial charge in [-0.1, -0.05) is 29.8 Å². The number of anilines is 1. The van der Waals surface area contributed by atoms with Crippen molar-refractivity contribution in [2.75, 3.05) is 11.4 Å². The SMILES string of the molecule is OCc1ccc(N2CCc3cccc(F)c3C2)cc1Cl. The maximum absolute atomic E-state index is 13.9. The van der Waals surface area contributed by atoms with E-state index in [2.05, 4.69) is 4.90 Å². The lowest BCUT2D eigenvalue weighted by atomic mass is 9.98. The molecule has 0 unspecified atom stereocenters. The van der Waals surface area contributed by atoms with E-state index >= 15 is 0 Å². The molecule has 1 heterocycles. The first kappa shape index (κ1) is 13.4. The van der Waals surface area contributed by atoms with Gasteiger partial charge in [0.05, 0.1) is 6.61 Å². The van der Waals surface area contributed by atoms with Crippen LogP contribution in [0.3, 0.4) is 0 Å². The second-order valence-corrected chi connectivity index (χ2v) is 5.39. The summed E-state index contributed by atoms with van der Waals surface area (Å²) in [5.74, 6) is -0.148. The van der Waals surface area contributed by atoms with Crippen LogP contribution in [0.25, 0.3) is 0 Å². The Morgan fingerprint density at radius 1 is 1.25 bits per heavy atom. The monoisotopic (exact) mass is 291 g/mol. The van der Waals surface area contributed by atoms with Gasteiger partial charge in [-0.3, -0.25) is 0 Å². The molecule has 0 bridgehead atoms. The van der Waals surface area contributed by atoms with E-state index in [9.17, 15) is 4.39 Å². The molecule has 0 aliphatic carbocycles. The van der Waals surface area contributed by atoms with Crippen LogP contribution in [0.15, 0.2) is 36.4 Å². The van der Waals surface area contributed by atoms with Gasteiger partial charge in [-0.15, -0.1) is 0 Å². The minimum atomic E-state index is -0.148. The van der Waals surface area contributed by atoms with E-state index in [1.807, 2.05) is 24.3 Å². The average Bonchev–Trinajstić information content (AvgIpc) is 2.47. The zero-order valence-corrected chi connectivity index (χ0v) is 11.7. The van der Waals surface area contributed by atoms with Crippen molar-refractivity contribution in [1.82, 2.24) is 0 Å². The van der Waals surface area contributed by atoms with Crippen molar-refractivity contribution in [2.24, 2.45) is 0 Å². The minimum absolute atomic E-state index is 0.0728. The third-order valence-electron chi connectivity index (χ3n) is 3.79. The fourth-order valence-corrected chi connectivity index (χ4v) is 2.86. The first-order valence-electron chi connectivity index (χ1n) is 6.59. The number of rotatable bonds is 2. The minimum Gasteiger partial charge on any atom is -0.392 e. The molecule has 1 aliphatic rings. The molecule has 0 saturated carbocycles. The lowest BCUT2D eigenvalue weighted by Gasteiger charge is -2.31. The highest BCUT2D eigenvalue weighted by Gasteiger charge is 2.19. The van der Waals surface area contributed by atoms with Crippen molar-refractivity contribution >= 4 is 17.3 Å². The van der Waals surface area contributed by atoms with Crippen LogP contribution in [0.5, 0.6) is 0 Å². The summed E-state index contributed by atoms with van der Waals surface area (Å²) in [6.07, 6.45) is 0.826. The fourth-order valence-electron chi connectivity index (χ4n) is 2.62. The van der Waals surface area contributed by atoms with E-state index in [0.717, 1.165) is 29.8 Å². The average molecular weight is 292 g/mol. The molecular formula is C16H15ClFNO. The molecule has 20 heavy (non-hydrogen) atoms. The van der Waals surface area contributed by atoms with Crippen LogP contribution in [0.1, 0.15) is 16.7 Å².